The van der Waals surface area contributed by atoms with Crippen molar-refractivity contribution >= 4 is 21.8 Å². The zero-order chi connectivity index (χ0) is 19.2. The molecular formula is C21H22BrN3O2. The number of likely N-dealkylation sites (N-methyl/N-ethyl adjacent to an activating group) is 1. The third-order valence-corrected chi connectivity index (χ3v) is 4.92. The summed E-state index contributed by atoms with van der Waals surface area (Å²) in [6, 6.07) is 16.1. The van der Waals surface area contributed by atoms with Crippen molar-refractivity contribution in [3.05, 3.63) is 70.0 Å². The van der Waals surface area contributed by atoms with E-state index in [1.54, 1.807) is 4.90 Å². The summed E-state index contributed by atoms with van der Waals surface area (Å²) in [7, 11) is 1.83. The summed E-state index contributed by atoms with van der Waals surface area (Å²) in [6.45, 7) is 2.71. The van der Waals surface area contributed by atoms with Gasteiger partial charge < -0.3 is 9.32 Å². The van der Waals surface area contributed by atoms with Crippen LogP contribution in [0.15, 0.2) is 57.4 Å². The van der Waals surface area contributed by atoms with Crippen LogP contribution in [0.4, 0.5) is 0 Å². The Morgan fingerprint density at radius 3 is 2.44 bits per heavy atom. The lowest BCUT2D eigenvalue weighted by Crippen LogP contribution is -2.29. The van der Waals surface area contributed by atoms with E-state index in [-0.39, 0.29) is 5.91 Å². The first-order chi connectivity index (χ1) is 13.0. The second kappa shape index (κ2) is 8.95. The minimum atomic E-state index is 0.0715. The van der Waals surface area contributed by atoms with Crippen molar-refractivity contribution < 1.29 is 9.21 Å². The Balaban J connectivity index is 1.48. The number of hydrogen-bond acceptors (Lipinski definition) is 4. The van der Waals surface area contributed by atoms with Gasteiger partial charge >= 0.3 is 0 Å². The van der Waals surface area contributed by atoms with Crippen molar-refractivity contribution in [1.29, 1.82) is 0 Å². The number of aryl methyl sites for hydroxylation is 2. The van der Waals surface area contributed by atoms with Gasteiger partial charge in [0, 0.05) is 36.5 Å². The van der Waals surface area contributed by atoms with Crippen molar-refractivity contribution in [2.45, 2.75) is 26.2 Å². The minimum absolute atomic E-state index is 0.0715. The second-order valence-corrected chi connectivity index (χ2v) is 7.47. The molecule has 0 unspecified atom stereocenters. The third kappa shape index (κ3) is 5.50. The van der Waals surface area contributed by atoms with Crippen LogP contribution in [0.3, 0.4) is 0 Å². The highest BCUT2D eigenvalue weighted by Crippen LogP contribution is 2.19. The summed E-state index contributed by atoms with van der Waals surface area (Å²) in [4.78, 5) is 14.1. The molecule has 0 N–H and O–H groups in total. The van der Waals surface area contributed by atoms with Gasteiger partial charge in [-0.1, -0.05) is 45.8 Å². The summed E-state index contributed by atoms with van der Waals surface area (Å²) < 4.78 is 6.74. The number of halogens is 1. The zero-order valence-corrected chi connectivity index (χ0v) is 17.1. The van der Waals surface area contributed by atoms with Crippen LogP contribution < -0.4 is 0 Å². The van der Waals surface area contributed by atoms with Crippen LogP contribution in [0.5, 0.6) is 0 Å². The first-order valence-corrected chi connectivity index (χ1v) is 9.68. The molecule has 3 aromatic rings. The molecule has 0 fully saturated rings. The summed E-state index contributed by atoms with van der Waals surface area (Å²) in [6.07, 6.45) is 1.63. The van der Waals surface area contributed by atoms with Gasteiger partial charge in [0.2, 0.25) is 17.7 Å². The van der Waals surface area contributed by atoms with Gasteiger partial charge in [0.1, 0.15) is 0 Å². The quantitative estimate of drug-likeness (QED) is 0.558. The Bertz CT molecular complexity index is 889. The number of aromatic nitrogens is 2. The molecular weight excluding hydrogens is 406 g/mol. The van der Waals surface area contributed by atoms with Crippen molar-refractivity contribution in [3.63, 3.8) is 0 Å². The molecule has 5 nitrogen and oxygen atoms in total. The van der Waals surface area contributed by atoms with Gasteiger partial charge in [-0.2, -0.15) is 0 Å². The molecule has 0 radical (unpaired) electrons. The lowest BCUT2D eigenvalue weighted by molar-refractivity contribution is -0.129. The maximum atomic E-state index is 12.3. The maximum Gasteiger partial charge on any atom is 0.247 e. The molecule has 2 aromatic carbocycles. The van der Waals surface area contributed by atoms with E-state index >= 15 is 0 Å². The average molecular weight is 428 g/mol. The fourth-order valence-electron chi connectivity index (χ4n) is 2.64. The van der Waals surface area contributed by atoms with Crippen LogP contribution in [0.2, 0.25) is 0 Å². The van der Waals surface area contributed by atoms with Crippen LogP contribution in [-0.2, 0) is 17.6 Å². The first kappa shape index (κ1) is 19.3. The molecule has 1 amide bonds. The van der Waals surface area contributed by atoms with Gasteiger partial charge in [-0.15, -0.1) is 10.2 Å². The summed E-state index contributed by atoms with van der Waals surface area (Å²) >= 11 is 3.43. The third-order valence-electron chi connectivity index (χ3n) is 4.39. The lowest BCUT2D eigenvalue weighted by Gasteiger charge is -2.16. The Morgan fingerprint density at radius 2 is 1.74 bits per heavy atom. The Labute approximate surface area is 167 Å². The Morgan fingerprint density at radius 1 is 1.04 bits per heavy atom. The monoisotopic (exact) mass is 427 g/mol. The van der Waals surface area contributed by atoms with Crippen LogP contribution in [-0.4, -0.2) is 34.6 Å². The van der Waals surface area contributed by atoms with E-state index in [4.69, 9.17) is 4.42 Å². The van der Waals surface area contributed by atoms with Crippen LogP contribution in [0, 0.1) is 6.92 Å². The van der Waals surface area contributed by atoms with E-state index in [1.165, 1.54) is 11.1 Å². The number of amides is 1. The molecule has 0 aliphatic carbocycles. The zero-order valence-electron chi connectivity index (χ0n) is 15.5. The van der Waals surface area contributed by atoms with E-state index in [9.17, 15) is 4.79 Å². The molecule has 0 saturated carbocycles. The number of rotatable bonds is 7. The van der Waals surface area contributed by atoms with Gasteiger partial charge in [-0.3, -0.25) is 4.79 Å². The number of hydrogen-bond donors (Lipinski definition) is 0. The number of carbonyl (C=O) groups excluding carboxylic acids is 1. The van der Waals surface area contributed by atoms with E-state index in [0.29, 0.717) is 31.2 Å². The van der Waals surface area contributed by atoms with E-state index < -0.39 is 0 Å². The number of carbonyl (C=O) groups is 1. The number of nitrogens with zero attached hydrogens (tertiary/aromatic N) is 3. The first-order valence-electron chi connectivity index (χ1n) is 8.89. The predicted octanol–water partition coefficient (Wildman–Crippen LogP) is 4.44. The summed E-state index contributed by atoms with van der Waals surface area (Å²) in [5, 5.41) is 8.13. The van der Waals surface area contributed by atoms with Gasteiger partial charge in [-0.25, -0.2) is 0 Å². The van der Waals surface area contributed by atoms with Crippen molar-refractivity contribution in [3.8, 4) is 11.5 Å². The average Bonchev–Trinajstić information content (AvgIpc) is 3.15. The Kier molecular flexibility index (Phi) is 6.40. The number of benzene rings is 2. The van der Waals surface area contributed by atoms with Gasteiger partial charge in [0.15, 0.2) is 0 Å². The van der Waals surface area contributed by atoms with Crippen LogP contribution in [0.25, 0.3) is 11.5 Å². The molecule has 0 saturated heterocycles. The van der Waals surface area contributed by atoms with Crippen LogP contribution >= 0.6 is 15.9 Å². The molecule has 27 heavy (non-hydrogen) atoms. The predicted molar refractivity (Wildman–Crippen MR) is 108 cm³/mol. The highest BCUT2D eigenvalue weighted by Gasteiger charge is 2.13. The topological polar surface area (TPSA) is 59.2 Å². The lowest BCUT2D eigenvalue weighted by atomic mass is 10.1. The Hall–Kier alpha value is -2.47. The molecule has 3 rings (SSSR count). The molecule has 0 bridgehead atoms. The van der Waals surface area contributed by atoms with E-state index in [2.05, 4.69) is 38.3 Å². The molecule has 1 heterocycles. The van der Waals surface area contributed by atoms with Gasteiger partial charge in [0.05, 0.1) is 0 Å². The van der Waals surface area contributed by atoms with Gasteiger partial charge in [0.25, 0.3) is 0 Å². The highest BCUT2D eigenvalue weighted by molar-refractivity contribution is 9.10. The van der Waals surface area contributed by atoms with Crippen molar-refractivity contribution in [1.82, 2.24) is 15.1 Å². The maximum absolute atomic E-state index is 12.3. The molecule has 1 aromatic heterocycles. The molecule has 6 heteroatoms. The van der Waals surface area contributed by atoms with Gasteiger partial charge in [-0.05, 0) is 43.2 Å². The highest BCUT2D eigenvalue weighted by atomic mass is 79.9. The van der Waals surface area contributed by atoms with Crippen LogP contribution in [0.1, 0.15) is 23.4 Å². The minimum Gasteiger partial charge on any atom is -0.421 e. The van der Waals surface area contributed by atoms with Crippen molar-refractivity contribution in [2.75, 3.05) is 13.6 Å². The van der Waals surface area contributed by atoms with Crippen molar-refractivity contribution in [2.24, 2.45) is 0 Å². The molecule has 0 spiro atoms. The fraction of sp³-hybridized carbons (Fsp3) is 0.286. The molecule has 0 atom stereocenters. The molecule has 0 aliphatic rings. The largest absolute Gasteiger partial charge is 0.421 e. The van der Waals surface area contributed by atoms with E-state index in [0.717, 1.165) is 16.5 Å². The van der Waals surface area contributed by atoms with E-state index in [1.807, 2.05) is 50.4 Å². The SMILES string of the molecule is Cc1ccc(-c2nnc(CCC(=O)N(C)CCc3ccc(Br)cc3)o2)cc1. The normalized spacial score (nSPS) is 10.8. The second-order valence-electron chi connectivity index (χ2n) is 6.56. The molecule has 140 valence electrons. The fourth-order valence-corrected chi connectivity index (χ4v) is 2.91. The summed E-state index contributed by atoms with van der Waals surface area (Å²) in [5.74, 6) is 1.04. The summed E-state index contributed by atoms with van der Waals surface area (Å²) in [5.41, 5.74) is 3.27. The standard InChI is InChI=1S/C21H22BrN3O2/c1-15-3-7-17(8-4-15)21-24-23-19(27-21)11-12-20(26)25(2)14-13-16-5-9-18(22)10-6-16/h3-10H,11-14H2,1-2H3. The molecule has 0 aliphatic heterocycles. The smallest absolute Gasteiger partial charge is 0.247 e.